The lowest BCUT2D eigenvalue weighted by Gasteiger charge is -2.04. The summed E-state index contributed by atoms with van der Waals surface area (Å²) in [5.74, 6) is -0.0984. The van der Waals surface area contributed by atoms with Crippen molar-refractivity contribution in [3.05, 3.63) is 50.3 Å². The van der Waals surface area contributed by atoms with Gasteiger partial charge in [0, 0.05) is 6.07 Å². The van der Waals surface area contributed by atoms with Crippen LogP contribution in [0.15, 0.2) is 44.4 Å². The maximum atomic E-state index is 11.9. The average molecular weight is 364 g/mol. The summed E-state index contributed by atoms with van der Waals surface area (Å²) in [5, 5.41) is 10.6. The molecule has 0 radical (unpaired) electrons. The molecule has 0 bridgehead atoms. The number of rotatable bonds is 4. The summed E-state index contributed by atoms with van der Waals surface area (Å²) >= 11 is 4.14. The van der Waals surface area contributed by atoms with Crippen LogP contribution in [0.25, 0.3) is 0 Å². The first-order valence-corrected chi connectivity index (χ1v) is 7.84. The molecule has 0 spiro atoms. The van der Waals surface area contributed by atoms with Gasteiger partial charge in [-0.1, -0.05) is 6.07 Å². The molecule has 0 aliphatic heterocycles. The second-order valence-electron chi connectivity index (χ2n) is 3.35. The van der Waals surface area contributed by atoms with Gasteiger partial charge in [0.1, 0.15) is 5.75 Å². The van der Waals surface area contributed by atoms with Crippen LogP contribution >= 0.6 is 27.3 Å². The highest BCUT2D eigenvalue weighted by molar-refractivity contribution is 9.11. The van der Waals surface area contributed by atoms with Gasteiger partial charge in [0.05, 0.1) is 14.8 Å². The standard InChI is InChI=1S/C10H6BrNO5S2/c11-9-4-5-10(18-9)19(15,16)17-8-3-1-2-7(6-8)12(13)14/h1-6H. The molecule has 1 aromatic carbocycles. The smallest absolute Gasteiger partial charge is 0.348 e. The van der Waals surface area contributed by atoms with E-state index < -0.39 is 15.0 Å². The molecule has 9 heteroatoms. The van der Waals surface area contributed by atoms with Crippen molar-refractivity contribution in [1.82, 2.24) is 0 Å². The number of thiophene rings is 1. The molecular formula is C10H6BrNO5S2. The fraction of sp³-hybridized carbons (Fsp3) is 0. The van der Waals surface area contributed by atoms with E-state index in [2.05, 4.69) is 15.9 Å². The van der Waals surface area contributed by atoms with Gasteiger partial charge < -0.3 is 4.18 Å². The van der Waals surface area contributed by atoms with Gasteiger partial charge in [-0.2, -0.15) is 8.42 Å². The Morgan fingerprint density at radius 2 is 2.00 bits per heavy atom. The number of hydrogen-bond acceptors (Lipinski definition) is 6. The number of nitro groups is 1. The van der Waals surface area contributed by atoms with Gasteiger partial charge in [0.15, 0.2) is 4.21 Å². The first-order valence-electron chi connectivity index (χ1n) is 4.83. The molecule has 0 aliphatic carbocycles. The van der Waals surface area contributed by atoms with Crippen molar-refractivity contribution in [3.8, 4) is 5.75 Å². The Morgan fingerprint density at radius 3 is 2.58 bits per heavy atom. The second-order valence-corrected chi connectivity index (χ2v) is 7.59. The van der Waals surface area contributed by atoms with Crippen molar-refractivity contribution in [2.75, 3.05) is 0 Å². The molecule has 6 nitrogen and oxygen atoms in total. The van der Waals surface area contributed by atoms with E-state index >= 15 is 0 Å². The number of nitro benzene ring substituents is 1. The lowest BCUT2D eigenvalue weighted by molar-refractivity contribution is -0.384. The maximum Gasteiger partial charge on any atom is 0.348 e. The monoisotopic (exact) mass is 363 g/mol. The zero-order chi connectivity index (χ0) is 14.0. The first kappa shape index (κ1) is 14.0. The van der Waals surface area contributed by atoms with Crippen molar-refractivity contribution in [2.24, 2.45) is 0 Å². The Labute approximate surface area is 121 Å². The average Bonchev–Trinajstić information content (AvgIpc) is 2.76. The predicted octanol–water partition coefficient (Wildman–Crippen LogP) is 3.19. The number of nitrogens with zero attached hydrogens (tertiary/aromatic N) is 1. The third-order valence-corrected chi connectivity index (χ3v) is 5.35. The Balaban J connectivity index is 2.30. The molecule has 1 heterocycles. The Kier molecular flexibility index (Phi) is 3.88. The predicted molar refractivity (Wildman–Crippen MR) is 72.9 cm³/mol. The van der Waals surface area contributed by atoms with Crippen LogP contribution in [-0.4, -0.2) is 13.3 Å². The summed E-state index contributed by atoms with van der Waals surface area (Å²) in [4.78, 5) is 9.96. The Bertz CT molecular complexity index is 725. The fourth-order valence-electron chi connectivity index (χ4n) is 1.25. The molecule has 2 rings (SSSR count). The zero-order valence-electron chi connectivity index (χ0n) is 9.15. The molecule has 0 saturated carbocycles. The molecule has 100 valence electrons. The topological polar surface area (TPSA) is 86.5 Å². The minimum absolute atomic E-state index is 0.0193. The Hall–Kier alpha value is -1.45. The van der Waals surface area contributed by atoms with Crippen LogP contribution < -0.4 is 4.18 Å². The molecule has 1 aromatic heterocycles. The van der Waals surface area contributed by atoms with Gasteiger partial charge in [-0.15, -0.1) is 11.3 Å². The van der Waals surface area contributed by atoms with E-state index in [0.717, 1.165) is 17.4 Å². The molecule has 0 N–H and O–H groups in total. The molecule has 19 heavy (non-hydrogen) atoms. The normalized spacial score (nSPS) is 11.2. The summed E-state index contributed by atoms with van der Waals surface area (Å²) in [6.07, 6.45) is 0. The highest BCUT2D eigenvalue weighted by atomic mass is 79.9. The minimum Gasteiger partial charge on any atom is -0.378 e. The molecule has 0 amide bonds. The van der Waals surface area contributed by atoms with E-state index in [-0.39, 0.29) is 15.6 Å². The molecule has 0 saturated heterocycles. The summed E-state index contributed by atoms with van der Waals surface area (Å²) in [5.41, 5.74) is -0.236. The second kappa shape index (κ2) is 5.27. The van der Waals surface area contributed by atoms with Gasteiger partial charge >= 0.3 is 10.1 Å². The van der Waals surface area contributed by atoms with Crippen LogP contribution in [-0.2, 0) is 10.1 Å². The minimum atomic E-state index is -3.97. The largest absolute Gasteiger partial charge is 0.378 e. The van der Waals surface area contributed by atoms with Gasteiger partial charge in [0.2, 0.25) is 0 Å². The molecule has 0 atom stereocenters. The molecule has 0 aliphatic rings. The van der Waals surface area contributed by atoms with Gasteiger partial charge in [-0.3, -0.25) is 10.1 Å². The van der Waals surface area contributed by atoms with Crippen LogP contribution in [0.4, 0.5) is 5.69 Å². The molecular weight excluding hydrogens is 358 g/mol. The third kappa shape index (κ3) is 3.31. The van der Waals surface area contributed by atoms with Crippen molar-refractivity contribution < 1.29 is 17.5 Å². The van der Waals surface area contributed by atoms with E-state index in [0.29, 0.717) is 3.79 Å². The van der Waals surface area contributed by atoms with E-state index in [1.165, 1.54) is 24.3 Å². The number of benzene rings is 1. The fourth-order valence-corrected chi connectivity index (χ4v) is 4.14. The SMILES string of the molecule is O=[N+]([O-])c1cccc(OS(=O)(=O)c2ccc(Br)s2)c1. The van der Waals surface area contributed by atoms with Crippen molar-refractivity contribution in [3.63, 3.8) is 0 Å². The van der Waals surface area contributed by atoms with Crippen LogP contribution in [0.5, 0.6) is 5.75 Å². The van der Waals surface area contributed by atoms with E-state index in [1.807, 2.05) is 0 Å². The highest BCUT2D eigenvalue weighted by Gasteiger charge is 2.20. The van der Waals surface area contributed by atoms with E-state index in [1.54, 1.807) is 6.07 Å². The lowest BCUT2D eigenvalue weighted by atomic mass is 10.3. The summed E-state index contributed by atoms with van der Waals surface area (Å²) in [6, 6.07) is 7.97. The maximum absolute atomic E-state index is 11.9. The van der Waals surface area contributed by atoms with Crippen molar-refractivity contribution in [2.45, 2.75) is 4.21 Å². The highest BCUT2D eigenvalue weighted by Crippen LogP contribution is 2.29. The van der Waals surface area contributed by atoms with Crippen LogP contribution in [0.3, 0.4) is 0 Å². The summed E-state index contributed by atoms with van der Waals surface area (Å²) < 4.78 is 29.3. The van der Waals surface area contributed by atoms with Gasteiger partial charge in [0.25, 0.3) is 5.69 Å². The van der Waals surface area contributed by atoms with E-state index in [4.69, 9.17) is 4.18 Å². The zero-order valence-corrected chi connectivity index (χ0v) is 12.4. The van der Waals surface area contributed by atoms with Gasteiger partial charge in [-0.25, -0.2) is 0 Å². The quantitative estimate of drug-likeness (QED) is 0.472. The molecule has 0 unspecified atom stereocenters. The number of halogens is 1. The first-order chi connectivity index (χ1) is 8.88. The number of non-ortho nitro benzene ring substituents is 1. The summed E-state index contributed by atoms with van der Waals surface area (Å²) in [6.45, 7) is 0. The summed E-state index contributed by atoms with van der Waals surface area (Å²) in [7, 11) is -3.97. The van der Waals surface area contributed by atoms with E-state index in [9.17, 15) is 18.5 Å². The van der Waals surface area contributed by atoms with Crippen molar-refractivity contribution >= 4 is 43.1 Å². The lowest BCUT2D eigenvalue weighted by Crippen LogP contribution is -2.08. The Morgan fingerprint density at radius 1 is 1.26 bits per heavy atom. The third-order valence-electron chi connectivity index (χ3n) is 2.03. The van der Waals surface area contributed by atoms with Crippen molar-refractivity contribution in [1.29, 1.82) is 0 Å². The molecule has 2 aromatic rings. The number of hydrogen-bond donors (Lipinski definition) is 0. The van der Waals surface area contributed by atoms with Crippen LogP contribution in [0.2, 0.25) is 0 Å². The molecule has 0 fully saturated rings. The van der Waals surface area contributed by atoms with Crippen LogP contribution in [0.1, 0.15) is 0 Å². The van der Waals surface area contributed by atoms with Crippen LogP contribution in [0, 0.1) is 10.1 Å². The van der Waals surface area contributed by atoms with Gasteiger partial charge in [-0.05, 0) is 34.1 Å².